The van der Waals surface area contributed by atoms with Crippen LogP contribution < -0.4 is 0 Å². The molecule has 0 saturated heterocycles. The number of carbonyl (C=O) groups excluding carboxylic acids is 3. The van der Waals surface area contributed by atoms with Crippen molar-refractivity contribution < 1.29 is 28.6 Å². The summed E-state index contributed by atoms with van der Waals surface area (Å²) in [7, 11) is 0. The van der Waals surface area contributed by atoms with Crippen molar-refractivity contribution in [1.82, 2.24) is 0 Å². The SMILES string of the molecule is CC\C=C/C=C\C=C/C=C\C=C/CCCC(=O)OCC(COC(=O)CCCCCCCCC\C=C/C=C\C=C/CC)OC(=O)CCCCCCCC/C=C\C=C/CCCCC. The molecular weight excluding hydrogens is 757 g/mol. The highest BCUT2D eigenvalue weighted by molar-refractivity contribution is 5.71. The van der Waals surface area contributed by atoms with E-state index in [1.54, 1.807) is 0 Å². The van der Waals surface area contributed by atoms with Crippen molar-refractivity contribution in [3.8, 4) is 0 Å². The Morgan fingerprint density at radius 1 is 0.344 bits per heavy atom. The van der Waals surface area contributed by atoms with Gasteiger partial charge in [0.15, 0.2) is 6.10 Å². The fourth-order valence-corrected chi connectivity index (χ4v) is 6.05. The molecule has 1 unspecified atom stereocenters. The van der Waals surface area contributed by atoms with Gasteiger partial charge in [0.05, 0.1) is 0 Å². The molecule has 0 spiro atoms. The number of allylic oxidation sites excluding steroid dienone is 20. The number of hydrogen-bond acceptors (Lipinski definition) is 6. The Morgan fingerprint density at radius 2 is 0.656 bits per heavy atom. The third-order valence-corrected chi connectivity index (χ3v) is 9.65. The second-order valence-electron chi connectivity index (χ2n) is 15.5. The molecule has 1 atom stereocenters. The van der Waals surface area contributed by atoms with Crippen LogP contribution in [0.3, 0.4) is 0 Å². The van der Waals surface area contributed by atoms with Crippen molar-refractivity contribution in [1.29, 1.82) is 0 Å². The lowest BCUT2D eigenvalue weighted by atomic mass is 10.1. The Balaban J connectivity index is 4.55. The van der Waals surface area contributed by atoms with Crippen molar-refractivity contribution in [3.05, 3.63) is 122 Å². The van der Waals surface area contributed by atoms with Crippen molar-refractivity contribution in [2.45, 2.75) is 194 Å². The van der Waals surface area contributed by atoms with Crippen molar-refractivity contribution in [2.24, 2.45) is 0 Å². The zero-order chi connectivity index (χ0) is 44.4. The average Bonchev–Trinajstić information content (AvgIpc) is 3.26. The first kappa shape index (κ1) is 56.8. The Kier molecular flexibility index (Phi) is 45.1. The average molecular weight is 843 g/mol. The van der Waals surface area contributed by atoms with Gasteiger partial charge in [-0.05, 0) is 77.0 Å². The summed E-state index contributed by atoms with van der Waals surface area (Å²) in [6.07, 6.45) is 66.1. The minimum atomic E-state index is -0.820. The first-order valence-corrected chi connectivity index (χ1v) is 24.2. The number of hydrogen-bond donors (Lipinski definition) is 0. The van der Waals surface area contributed by atoms with Gasteiger partial charge in [0.1, 0.15) is 13.2 Å². The first-order chi connectivity index (χ1) is 30.0. The lowest BCUT2D eigenvalue weighted by Gasteiger charge is -2.18. The molecule has 0 fully saturated rings. The van der Waals surface area contributed by atoms with Crippen LogP contribution in [0.4, 0.5) is 0 Å². The molecular formula is C55H86O6. The second kappa shape index (κ2) is 48.5. The maximum absolute atomic E-state index is 12.8. The summed E-state index contributed by atoms with van der Waals surface area (Å²) < 4.78 is 16.7. The van der Waals surface area contributed by atoms with Crippen LogP contribution >= 0.6 is 0 Å². The molecule has 0 heterocycles. The molecule has 0 aromatic rings. The molecule has 0 radical (unpaired) electrons. The minimum absolute atomic E-state index is 0.116. The van der Waals surface area contributed by atoms with Gasteiger partial charge in [-0.15, -0.1) is 0 Å². The van der Waals surface area contributed by atoms with E-state index in [1.807, 2.05) is 54.7 Å². The number of ether oxygens (including phenoxy) is 3. The van der Waals surface area contributed by atoms with Crippen LogP contribution in [0, 0.1) is 0 Å². The van der Waals surface area contributed by atoms with E-state index in [0.717, 1.165) is 83.5 Å². The van der Waals surface area contributed by atoms with Gasteiger partial charge in [-0.3, -0.25) is 14.4 Å². The van der Waals surface area contributed by atoms with Gasteiger partial charge >= 0.3 is 17.9 Å². The fourth-order valence-electron chi connectivity index (χ4n) is 6.05. The monoisotopic (exact) mass is 843 g/mol. The maximum atomic E-state index is 12.8. The highest BCUT2D eigenvalue weighted by atomic mass is 16.6. The summed E-state index contributed by atoms with van der Waals surface area (Å²) in [5.74, 6) is -1.03. The Morgan fingerprint density at radius 3 is 1.08 bits per heavy atom. The third-order valence-electron chi connectivity index (χ3n) is 9.65. The number of rotatable bonds is 41. The molecule has 0 aliphatic carbocycles. The van der Waals surface area contributed by atoms with Crippen molar-refractivity contribution in [3.63, 3.8) is 0 Å². The van der Waals surface area contributed by atoms with E-state index < -0.39 is 6.10 Å². The van der Waals surface area contributed by atoms with Crippen LogP contribution in [-0.4, -0.2) is 37.2 Å². The minimum Gasteiger partial charge on any atom is -0.462 e. The second-order valence-corrected chi connectivity index (χ2v) is 15.5. The smallest absolute Gasteiger partial charge is 0.306 e. The fraction of sp³-hybridized carbons (Fsp3) is 0.582. The largest absolute Gasteiger partial charge is 0.462 e. The number of unbranched alkanes of at least 4 members (excludes halogenated alkanes) is 17. The van der Waals surface area contributed by atoms with Crippen LogP contribution in [-0.2, 0) is 28.6 Å². The third kappa shape index (κ3) is 46.7. The lowest BCUT2D eigenvalue weighted by Crippen LogP contribution is -2.30. The van der Waals surface area contributed by atoms with Gasteiger partial charge in [0.2, 0.25) is 0 Å². The van der Waals surface area contributed by atoms with Crippen molar-refractivity contribution in [2.75, 3.05) is 13.2 Å². The molecule has 0 aromatic carbocycles. The molecule has 0 saturated carbocycles. The summed E-state index contributed by atoms with van der Waals surface area (Å²) in [5, 5.41) is 0. The summed E-state index contributed by atoms with van der Waals surface area (Å²) in [4.78, 5) is 37.9. The molecule has 0 amide bonds. The highest BCUT2D eigenvalue weighted by Gasteiger charge is 2.19. The zero-order valence-electron chi connectivity index (χ0n) is 38.9. The molecule has 0 aromatic heterocycles. The zero-order valence-corrected chi connectivity index (χ0v) is 38.9. The topological polar surface area (TPSA) is 78.9 Å². The van der Waals surface area contributed by atoms with Gasteiger partial charge in [-0.1, -0.05) is 213 Å². The van der Waals surface area contributed by atoms with Gasteiger partial charge in [-0.25, -0.2) is 0 Å². The van der Waals surface area contributed by atoms with Crippen LogP contribution in [0.15, 0.2) is 122 Å². The lowest BCUT2D eigenvalue weighted by molar-refractivity contribution is -0.167. The summed E-state index contributed by atoms with van der Waals surface area (Å²) in [6, 6.07) is 0. The standard InChI is InChI=1S/C55H86O6/c1-4-7-10-13-16-19-22-25-27-30-33-36-39-42-45-48-54(57)60-51-52(50-59-53(56)47-44-41-38-35-32-29-24-21-18-15-12-9-6-3)61-55(58)49-46-43-40-37-34-31-28-26-23-20-17-14-11-8-5-2/h7,9-10,12-13,15-24,26,29,32,35,38,52H,4-6,8,11,14,25,27-28,30-31,33-34,36-37,39-51H2,1-3H3/b10-7-,12-9-,16-13-,18-15-,20-17-,22-19-,24-21-,26-23-,32-29-,38-35-. The molecule has 6 heteroatoms. The van der Waals surface area contributed by atoms with Gasteiger partial charge < -0.3 is 14.2 Å². The molecule has 0 aliphatic heterocycles. The summed E-state index contributed by atoms with van der Waals surface area (Å²) in [5.41, 5.74) is 0. The summed E-state index contributed by atoms with van der Waals surface area (Å²) >= 11 is 0. The van der Waals surface area contributed by atoms with Crippen LogP contribution in [0.1, 0.15) is 188 Å². The predicted molar refractivity (Wildman–Crippen MR) is 260 cm³/mol. The molecule has 0 bridgehead atoms. The van der Waals surface area contributed by atoms with Gasteiger partial charge in [0, 0.05) is 19.3 Å². The van der Waals surface area contributed by atoms with Gasteiger partial charge in [-0.2, -0.15) is 0 Å². The predicted octanol–water partition coefficient (Wildman–Crippen LogP) is 15.7. The quantitative estimate of drug-likeness (QED) is 0.0264. The van der Waals surface area contributed by atoms with E-state index in [1.165, 1.54) is 57.8 Å². The molecule has 6 nitrogen and oxygen atoms in total. The van der Waals surface area contributed by atoms with Crippen LogP contribution in [0.25, 0.3) is 0 Å². The Hall–Kier alpha value is -4.19. The van der Waals surface area contributed by atoms with E-state index in [-0.39, 0.29) is 37.5 Å². The summed E-state index contributed by atoms with van der Waals surface area (Å²) in [6.45, 7) is 6.22. The van der Waals surface area contributed by atoms with Gasteiger partial charge in [0.25, 0.3) is 0 Å². The van der Waals surface area contributed by atoms with E-state index >= 15 is 0 Å². The normalized spacial score (nSPS) is 13.2. The van der Waals surface area contributed by atoms with Crippen LogP contribution in [0.2, 0.25) is 0 Å². The maximum Gasteiger partial charge on any atom is 0.306 e. The highest BCUT2D eigenvalue weighted by Crippen LogP contribution is 2.13. The molecule has 61 heavy (non-hydrogen) atoms. The molecule has 342 valence electrons. The molecule has 0 N–H and O–H groups in total. The molecule has 0 rings (SSSR count). The van der Waals surface area contributed by atoms with E-state index in [9.17, 15) is 14.4 Å². The first-order valence-electron chi connectivity index (χ1n) is 24.2. The Labute approximate surface area is 373 Å². The van der Waals surface area contributed by atoms with E-state index in [4.69, 9.17) is 14.2 Å². The van der Waals surface area contributed by atoms with Crippen LogP contribution in [0.5, 0.6) is 0 Å². The van der Waals surface area contributed by atoms with Crippen molar-refractivity contribution >= 4 is 17.9 Å². The number of esters is 3. The number of carbonyl (C=O) groups is 3. The molecule has 0 aliphatic rings. The van der Waals surface area contributed by atoms with E-state index in [0.29, 0.717) is 19.3 Å². The van der Waals surface area contributed by atoms with E-state index in [2.05, 4.69) is 87.6 Å². The Bertz CT molecular complexity index is 1340.